The van der Waals surface area contributed by atoms with Gasteiger partial charge in [0.15, 0.2) is 0 Å². The summed E-state index contributed by atoms with van der Waals surface area (Å²) in [5.74, 6) is 0.444. The zero-order valence-electron chi connectivity index (χ0n) is 15.7. The summed E-state index contributed by atoms with van der Waals surface area (Å²) in [6, 6.07) is 25.6. The highest BCUT2D eigenvalue weighted by Crippen LogP contribution is 2.27. The van der Waals surface area contributed by atoms with Gasteiger partial charge < -0.3 is 15.4 Å². The Morgan fingerprint density at radius 1 is 1.00 bits per heavy atom. The molecule has 0 aliphatic rings. The molecule has 0 spiro atoms. The van der Waals surface area contributed by atoms with Gasteiger partial charge in [-0.05, 0) is 35.7 Å². The molecule has 0 fully saturated rings. The average Bonchev–Trinajstić information content (AvgIpc) is 2.72. The van der Waals surface area contributed by atoms with Gasteiger partial charge in [-0.25, -0.2) is 0 Å². The summed E-state index contributed by atoms with van der Waals surface area (Å²) in [5.41, 5.74) is 3.00. The molecule has 1 amide bonds. The van der Waals surface area contributed by atoms with Gasteiger partial charge in [-0.2, -0.15) is 0 Å². The van der Waals surface area contributed by atoms with Gasteiger partial charge in [-0.3, -0.25) is 4.79 Å². The predicted molar refractivity (Wildman–Crippen MR) is 114 cm³/mol. The minimum atomic E-state index is -0.129. The number of carbonyl (C=O) groups is 1. The maximum Gasteiger partial charge on any atom is 0.238 e. The molecule has 0 aliphatic heterocycles. The molecule has 0 saturated carbocycles. The quantitative estimate of drug-likeness (QED) is 0.573. The molecule has 0 saturated heterocycles. The highest BCUT2D eigenvalue weighted by molar-refractivity contribution is 6.32. The smallest absolute Gasteiger partial charge is 0.238 e. The van der Waals surface area contributed by atoms with E-state index in [0.717, 1.165) is 12.0 Å². The molecule has 144 valence electrons. The van der Waals surface area contributed by atoms with Crippen LogP contribution >= 0.6 is 11.6 Å². The number of hydrogen-bond acceptors (Lipinski definition) is 3. The van der Waals surface area contributed by atoms with Crippen LogP contribution in [-0.2, 0) is 11.2 Å². The Balaban J connectivity index is 1.64. The topological polar surface area (TPSA) is 50.4 Å². The lowest BCUT2D eigenvalue weighted by molar-refractivity contribution is -0.115. The minimum absolute atomic E-state index is 0.0359. The zero-order chi connectivity index (χ0) is 19.8. The summed E-state index contributed by atoms with van der Waals surface area (Å²) in [6.07, 6.45) is 0.798. The number of rotatable bonds is 8. The van der Waals surface area contributed by atoms with E-state index < -0.39 is 0 Å². The van der Waals surface area contributed by atoms with Gasteiger partial charge in [-0.15, -0.1) is 0 Å². The Morgan fingerprint density at radius 3 is 2.32 bits per heavy atom. The van der Waals surface area contributed by atoms with E-state index in [9.17, 15) is 4.79 Å². The van der Waals surface area contributed by atoms with Crippen LogP contribution < -0.4 is 15.4 Å². The number of anilines is 1. The predicted octanol–water partition coefficient (Wildman–Crippen LogP) is 4.86. The molecule has 0 aliphatic carbocycles. The summed E-state index contributed by atoms with van der Waals surface area (Å²) in [6.45, 7) is 0.191. The van der Waals surface area contributed by atoms with E-state index >= 15 is 0 Å². The van der Waals surface area contributed by atoms with Crippen LogP contribution in [0.3, 0.4) is 0 Å². The van der Waals surface area contributed by atoms with E-state index in [-0.39, 0.29) is 18.5 Å². The number of carbonyl (C=O) groups excluding carboxylic acids is 1. The maximum absolute atomic E-state index is 12.4. The Hall–Kier alpha value is -2.82. The van der Waals surface area contributed by atoms with E-state index in [0.29, 0.717) is 16.5 Å². The molecule has 5 heteroatoms. The van der Waals surface area contributed by atoms with Crippen molar-refractivity contribution in [3.05, 3.63) is 95.0 Å². The second-order valence-corrected chi connectivity index (χ2v) is 6.84. The van der Waals surface area contributed by atoms with E-state index in [1.165, 1.54) is 5.56 Å². The summed E-state index contributed by atoms with van der Waals surface area (Å²) in [5, 5.41) is 6.69. The zero-order valence-corrected chi connectivity index (χ0v) is 16.4. The molecule has 0 aromatic heterocycles. The largest absolute Gasteiger partial charge is 0.495 e. The summed E-state index contributed by atoms with van der Waals surface area (Å²) in [4.78, 5) is 12.4. The molecule has 0 heterocycles. The number of halogens is 1. The van der Waals surface area contributed by atoms with Crippen LogP contribution in [0.1, 0.15) is 17.2 Å². The van der Waals surface area contributed by atoms with Crippen molar-refractivity contribution >= 4 is 23.2 Å². The molecule has 3 aromatic rings. The normalized spacial score (nSPS) is 11.6. The summed E-state index contributed by atoms with van der Waals surface area (Å²) >= 11 is 6.12. The van der Waals surface area contributed by atoms with Gasteiger partial charge in [-0.1, -0.05) is 72.3 Å². The Bertz CT molecular complexity index is 901. The second kappa shape index (κ2) is 9.93. The van der Waals surface area contributed by atoms with Crippen molar-refractivity contribution in [2.24, 2.45) is 0 Å². The first-order valence-electron chi connectivity index (χ1n) is 9.11. The number of nitrogens with one attached hydrogen (secondary N) is 2. The summed E-state index contributed by atoms with van der Waals surface area (Å²) in [7, 11) is 1.56. The van der Waals surface area contributed by atoms with Crippen LogP contribution in [0.2, 0.25) is 5.02 Å². The van der Waals surface area contributed by atoms with Gasteiger partial charge in [0.05, 0.1) is 18.7 Å². The fraction of sp³-hybridized carbons (Fsp3) is 0.174. The molecule has 28 heavy (non-hydrogen) atoms. The van der Waals surface area contributed by atoms with Crippen LogP contribution in [-0.4, -0.2) is 19.6 Å². The third-order valence-corrected chi connectivity index (χ3v) is 4.72. The van der Waals surface area contributed by atoms with Crippen LogP contribution in [0, 0.1) is 0 Å². The van der Waals surface area contributed by atoms with E-state index in [1.54, 1.807) is 25.3 Å². The van der Waals surface area contributed by atoms with Crippen LogP contribution in [0.25, 0.3) is 0 Å². The monoisotopic (exact) mass is 394 g/mol. The van der Waals surface area contributed by atoms with Crippen molar-refractivity contribution in [2.75, 3.05) is 19.0 Å². The third-order valence-electron chi connectivity index (χ3n) is 4.43. The first-order valence-corrected chi connectivity index (χ1v) is 9.49. The van der Waals surface area contributed by atoms with Crippen molar-refractivity contribution in [1.29, 1.82) is 0 Å². The number of methoxy groups -OCH3 is 1. The lowest BCUT2D eigenvalue weighted by atomic mass is 9.99. The first kappa shape index (κ1) is 19.9. The molecule has 0 radical (unpaired) electrons. The maximum atomic E-state index is 12.4. The Kier molecular flexibility index (Phi) is 7.06. The Morgan fingerprint density at radius 2 is 1.68 bits per heavy atom. The molecule has 1 atom stereocenters. The van der Waals surface area contributed by atoms with E-state index in [1.807, 2.05) is 36.4 Å². The summed E-state index contributed by atoms with van der Waals surface area (Å²) < 4.78 is 5.13. The number of hydrogen-bond donors (Lipinski definition) is 2. The minimum Gasteiger partial charge on any atom is -0.495 e. The SMILES string of the molecule is COc1ccc(NC(=O)CNC(Cc2ccccc2)c2ccccc2)cc1Cl. The second-order valence-electron chi connectivity index (χ2n) is 6.43. The lowest BCUT2D eigenvalue weighted by Crippen LogP contribution is -2.32. The molecule has 3 rings (SSSR count). The van der Waals surface area contributed by atoms with Gasteiger partial charge >= 0.3 is 0 Å². The van der Waals surface area contributed by atoms with Crippen LogP contribution in [0.15, 0.2) is 78.9 Å². The Labute approximate surface area is 170 Å². The van der Waals surface area contributed by atoms with Gasteiger partial charge in [0.2, 0.25) is 5.91 Å². The van der Waals surface area contributed by atoms with Crippen molar-refractivity contribution in [3.8, 4) is 5.75 Å². The molecule has 3 aromatic carbocycles. The number of ether oxygens (including phenoxy) is 1. The van der Waals surface area contributed by atoms with Crippen LogP contribution in [0.4, 0.5) is 5.69 Å². The van der Waals surface area contributed by atoms with E-state index in [2.05, 4.69) is 34.9 Å². The first-order chi connectivity index (χ1) is 13.7. The lowest BCUT2D eigenvalue weighted by Gasteiger charge is -2.19. The van der Waals surface area contributed by atoms with Crippen molar-refractivity contribution in [3.63, 3.8) is 0 Å². The highest BCUT2D eigenvalue weighted by atomic mass is 35.5. The molecule has 1 unspecified atom stereocenters. The van der Waals surface area contributed by atoms with Crippen molar-refractivity contribution in [1.82, 2.24) is 5.32 Å². The van der Waals surface area contributed by atoms with Crippen molar-refractivity contribution < 1.29 is 9.53 Å². The number of amides is 1. The van der Waals surface area contributed by atoms with Gasteiger partial charge in [0.25, 0.3) is 0 Å². The van der Waals surface area contributed by atoms with Gasteiger partial charge in [0.1, 0.15) is 5.75 Å². The van der Waals surface area contributed by atoms with Crippen LogP contribution in [0.5, 0.6) is 5.75 Å². The van der Waals surface area contributed by atoms with Gasteiger partial charge in [0, 0.05) is 11.7 Å². The molecule has 2 N–H and O–H groups in total. The van der Waals surface area contributed by atoms with E-state index in [4.69, 9.17) is 16.3 Å². The number of benzene rings is 3. The fourth-order valence-corrected chi connectivity index (χ4v) is 3.27. The average molecular weight is 395 g/mol. The third kappa shape index (κ3) is 5.59. The fourth-order valence-electron chi connectivity index (χ4n) is 3.01. The molecule has 0 bridgehead atoms. The standard InChI is InChI=1S/C23H23ClN2O2/c1-28-22-13-12-19(15-20(22)24)26-23(27)16-25-21(18-10-6-3-7-11-18)14-17-8-4-2-5-9-17/h2-13,15,21,25H,14,16H2,1H3,(H,26,27). The molecule has 4 nitrogen and oxygen atoms in total. The van der Waals surface area contributed by atoms with Crippen molar-refractivity contribution in [2.45, 2.75) is 12.5 Å². The molecular formula is C23H23ClN2O2. The molecular weight excluding hydrogens is 372 g/mol. The highest BCUT2D eigenvalue weighted by Gasteiger charge is 2.14.